The first-order chi connectivity index (χ1) is 24.3. The zero-order valence-electron chi connectivity index (χ0n) is 26.5. The van der Waals surface area contributed by atoms with E-state index in [1.165, 1.54) is 53.2 Å². The molecule has 0 saturated heterocycles. The molecule has 3 heteroatoms. The summed E-state index contributed by atoms with van der Waals surface area (Å²) in [6.07, 6.45) is 0. The Hall–Kier alpha value is -6.16. The second-order valence-corrected chi connectivity index (χ2v) is 13.6. The van der Waals surface area contributed by atoms with Crippen LogP contribution in [0.1, 0.15) is 0 Å². The minimum absolute atomic E-state index is 0.882. The summed E-state index contributed by atoms with van der Waals surface area (Å²) in [5, 5.41) is 7.30. The maximum atomic E-state index is 6.39. The van der Waals surface area contributed by atoms with Crippen molar-refractivity contribution in [3.63, 3.8) is 0 Å². The molecule has 0 saturated carbocycles. The fraction of sp³-hybridized carbons (Fsp3) is 0. The van der Waals surface area contributed by atoms with Crippen LogP contribution in [0.25, 0.3) is 75.1 Å². The molecule has 8 aromatic carbocycles. The second-order valence-electron chi connectivity index (χ2n) is 12.6. The average molecular weight is 644 g/mol. The lowest BCUT2D eigenvalue weighted by molar-refractivity contribution is 0.669. The highest BCUT2D eigenvalue weighted by atomic mass is 32.1. The van der Waals surface area contributed by atoms with Crippen molar-refractivity contribution in [2.75, 3.05) is 4.90 Å². The maximum Gasteiger partial charge on any atom is 0.137 e. The lowest BCUT2D eigenvalue weighted by atomic mass is 10.0. The van der Waals surface area contributed by atoms with Crippen molar-refractivity contribution in [1.82, 2.24) is 0 Å². The van der Waals surface area contributed by atoms with E-state index in [-0.39, 0.29) is 0 Å². The van der Waals surface area contributed by atoms with Crippen LogP contribution in [0.5, 0.6) is 0 Å². The lowest BCUT2D eigenvalue weighted by Gasteiger charge is -2.26. The van der Waals surface area contributed by atoms with Crippen LogP contribution in [0.15, 0.2) is 180 Å². The molecule has 0 atom stereocenters. The molecule has 49 heavy (non-hydrogen) atoms. The Labute approximate surface area is 287 Å². The summed E-state index contributed by atoms with van der Waals surface area (Å²) in [6.45, 7) is 0. The Kier molecular flexibility index (Phi) is 6.39. The number of rotatable bonds is 5. The third kappa shape index (κ3) is 4.70. The number of para-hydroxylation sites is 1. The summed E-state index contributed by atoms with van der Waals surface area (Å²) in [6, 6.07) is 63.2. The minimum atomic E-state index is 0.882. The highest BCUT2D eigenvalue weighted by Crippen LogP contribution is 2.46. The molecule has 0 unspecified atom stereocenters. The number of thiophene rings is 1. The quantitative estimate of drug-likeness (QED) is 0.186. The molecular weight excluding hydrogens is 615 g/mol. The van der Waals surface area contributed by atoms with Crippen molar-refractivity contribution in [3.05, 3.63) is 176 Å². The van der Waals surface area contributed by atoms with Crippen LogP contribution in [-0.4, -0.2) is 0 Å². The molecule has 2 heterocycles. The molecule has 2 aromatic heterocycles. The fourth-order valence-corrected chi connectivity index (χ4v) is 8.47. The zero-order chi connectivity index (χ0) is 32.3. The van der Waals surface area contributed by atoms with E-state index in [0.717, 1.165) is 39.0 Å². The van der Waals surface area contributed by atoms with Crippen LogP contribution in [0.2, 0.25) is 0 Å². The second kappa shape index (κ2) is 11.2. The SMILES string of the molecule is c1ccc(-c2ccc3c(c2)sc2c(N(c4ccc(-c5ccc6ccccc6c5)cc4)c4ccc5c(c4)oc4ccccc45)cccc23)cc1. The van der Waals surface area contributed by atoms with Gasteiger partial charge in [0.05, 0.1) is 10.4 Å². The molecule has 2 nitrogen and oxygen atoms in total. The molecule has 10 aromatic rings. The molecular formula is C46H29NOS. The summed E-state index contributed by atoms with van der Waals surface area (Å²) in [7, 11) is 0. The molecule has 0 aliphatic carbocycles. The van der Waals surface area contributed by atoms with Gasteiger partial charge in [-0.25, -0.2) is 0 Å². The van der Waals surface area contributed by atoms with Gasteiger partial charge in [0.15, 0.2) is 0 Å². The van der Waals surface area contributed by atoms with Crippen molar-refractivity contribution in [2.24, 2.45) is 0 Å². The largest absolute Gasteiger partial charge is 0.456 e. The molecule has 10 rings (SSSR count). The summed E-state index contributed by atoms with van der Waals surface area (Å²) in [4.78, 5) is 2.38. The molecule has 0 spiro atoms. The van der Waals surface area contributed by atoms with Gasteiger partial charge in [0.2, 0.25) is 0 Å². The standard InChI is InChI=1S/C46H29NOS/c1-2-9-30(10-3-1)35-21-25-40-41-14-8-15-42(46(41)49-45(40)28-35)47(37-24-26-39-38-13-6-7-16-43(38)48-44(39)29-37)36-22-19-32(20-23-36)34-18-17-31-11-4-5-12-33(31)27-34/h1-29H. The Bertz CT molecular complexity index is 2830. The highest BCUT2D eigenvalue weighted by molar-refractivity contribution is 7.26. The number of hydrogen-bond acceptors (Lipinski definition) is 3. The van der Waals surface area contributed by atoms with Gasteiger partial charge in [-0.2, -0.15) is 0 Å². The number of fused-ring (bicyclic) bond motifs is 7. The van der Waals surface area contributed by atoms with E-state index in [1.807, 2.05) is 23.5 Å². The predicted octanol–water partition coefficient (Wildman–Crippen LogP) is 13.9. The van der Waals surface area contributed by atoms with Crippen LogP contribution >= 0.6 is 11.3 Å². The first-order valence-electron chi connectivity index (χ1n) is 16.6. The Morgan fingerprint density at radius 1 is 0.388 bits per heavy atom. The first-order valence-corrected chi connectivity index (χ1v) is 17.4. The van der Waals surface area contributed by atoms with Crippen molar-refractivity contribution in [2.45, 2.75) is 0 Å². The molecule has 0 radical (unpaired) electrons. The topological polar surface area (TPSA) is 16.4 Å². The van der Waals surface area contributed by atoms with Crippen molar-refractivity contribution in [1.29, 1.82) is 0 Å². The lowest BCUT2D eigenvalue weighted by Crippen LogP contribution is -2.10. The Morgan fingerprint density at radius 3 is 1.94 bits per heavy atom. The molecule has 230 valence electrons. The monoisotopic (exact) mass is 643 g/mol. The molecule has 0 amide bonds. The Morgan fingerprint density at radius 2 is 1.04 bits per heavy atom. The van der Waals surface area contributed by atoms with Crippen molar-refractivity contribution in [3.8, 4) is 22.3 Å². The van der Waals surface area contributed by atoms with Crippen LogP contribution in [-0.2, 0) is 0 Å². The van der Waals surface area contributed by atoms with Gasteiger partial charge < -0.3 is 9.32 Å². The van der Waals surface area contributed by atoms with Gasteiger partial charge in [-0.3, -0.25) is 0 Å². The minimum Gasteiger partial charge on any atom is -0.456 e. The van der Waals surface area contributed by atoms with Gasteiger partial charge in [-0.15, -0.1) is 11.3 Å². The molecule has 0 N–H and O–H groups in total. The van der Waals surface area contributed by atoms with Gasteiger partial charge in [-0.1, -0.05) is 121 Å². The third-order valence-corrected chi connectivity index (χ3v) is 10.8. The summed E-state index contributed by atoms with van der Waals surface area (Å²) in [5.41, 5.74) is 9.95. The van der Waals surface area contributed by atoms with Crippen LogP contribution in [0.3, 0.4) is 0 Å². The molecule has 0 fully saturated rings. The van der Waals surface area contributed by atoms with E-state index in [0.29, 0.717) is 0 Å². The smallest absolute Gasteiger partial charge is 0.137 e. The number of benzene rings is 8. The van der Waals surface area contributed by atoms with E-state index in [1.54, 1.807) is 0 Å². The normalized spacial score (nSPS) is 11.7. The maximum absolute atomic E-state index is 6.39. The number of nitrogens with zero attached hydrogens (tertiary/aromatic N) is 1. The molecule has 0 aliphatic heterocycles. The van der Waals surface area contributed by atoms with E-state index < -0.39 is 0 Å². The summed E-state index contributed by atoms with van der Waals surface area (Å²) in [5.74, 6) is 0. The average Bonchev–Trinajstić information content (AvgIpc) is 3.73. The molecule has 0 aliphatic rings. The fourth-order valence-electron chi connectivity index (χ4n) is 7.22. The van der Waals surface area contributed by atoms with Gasteiger partial charge in [-0.05, 0) is 81.6 Å². The van der Waals surface area contributed by atoms with Crippen LogP contribution < -0.4 is 4.90 Å². The summed E-state index contributed by atoms with van der Waals surface area (Å²) >= 11 is 1.86. The van der Waals surface area contributed by atoms with Crippen molar-refractivity contribution >= 4 is 81.3 Å². The van der Waals surface area contributed by atoms with Gasteiger partial charge in [0, 0.05) is 43.7 Å². The van der Waals surface area contributed by atoms with E-state index in [4.69, 9.17) is 4.42 Å². The zero-order valence-corrected chi connectivity index (χ0v) is 27.3. The predicted molar refractivity (Wildman–Crippen MR) is 210 cm³/mol. The Balaban J connectivity index is 1.15. The number of anilines is 3. The third-order valence-electron chi connectivity index (χ3n) is 9.65. The van der Waals surface area contributed by atoms with Crippen molar-refractivity contribution < 1.29 is 4.42 Å². The van der Waals surface area contributed by atoms with E-state index >= 15 is 0 Å². The number of hydrogen-bond donors (Lipinski definition) is 0. The van der Waals surface area contributed by atoms with Crippen LogP contribution in [0, 0.1) is 0 Å². The van der Waals surface area contributed by atoms with E-state index in [2.05, 4.69) is 169 Å². The van der Waals surface area contributed by atoms with Crippen LogP contribution in [0.4, 0.5) is 17.1 Å². The van der Waals surface area contributed by atoms with Gasteiger partial charge >= 0.3 is 0 Å². The summed E-state index contributed by atoms with van der Waals surface area (Å²) < 4.78 is 8.93. The first kappa shape index (κ1) is 27.9. The molecule has 0 bridgehead atoms. The van der Waals surface area contributed by atoms with Gasteiger partial charge in [0.1, 0.15) is 11.2 Å². The van der Waals surface area contributed by atoms with E-state index in [9.17, 15) is 0 Å². The highest BCUT2D eigenvalue weighted by Gasteiger charge is 2.20. The number of furan rings is 1. The van der Waals surface area contributed by atoms with Gasteiger partial charge in [0.25, 0.3) is 0 Å².